The van der Waals surface area contributed by atoms with Crippen LogP contribution in [0.1, 0.15) is 18.5 Å². The van der Waals surface area contributed by atoms with E-state index >= 15 is 0 Å². The molecule has 0 bridgehead atoms. The zero-order valence-corrected chi connectivity index (χ0v) is 13.1. The van der Waals surface area contributed by atoms with E-state index in [1.807, 2.05) is 24.3 Å². The van der Waals surface area contributed by atoms with E-state index in [-0.39, 0.29) is 12.4 Å². The maximum absolute atomic E-state index is 13.4. The zero-order valence-electron chi connectivity index (χ0n) is 11.5. The summed E-state index contributed by atoms with van der Waals surface area (Å²) >= 11 is 3.35. The molecule has 0 aliphatic carbocycles. The molecule has 21 heavy (non-hydrogen) atoms. The molecule has 2 aromatic rings. The molecule has 0 aliphatic heterocycles. The van der Waals surface area contributed by atoms with Gasteiger partial charge in [-0.15, -0.1) is 0 Å². The largest absolute Gasteiger partial charge is 0.464 e. The van der Waals surface area contributed by atoms with Crippen LogP contribution in [0.5, 0.6) is 0 Å². The van der Waals surface area contributed by atoms with E-state index in [0.717, 1.165) is 10.2 Å². The van der Waals surface area contributed by atoms with Gasteiger partial charge in [-0.05, 0) is 48.9 Å². The van der Waals surface area contributed by atoms with E-state index in [1.165, 1.54) is 12.1 Å². The third kappa shape index (κ3) is 4.29. The first-order valence-electron chi connectivity index (χ1n) is 6.54. The highest BCUT2D eigenvalue weighted by molar-refractivity contribution is 9.10. The van der Waals surface area contributed by atoms with Crippen LogP contribution in [-0.4, -0.2) is 12.6 Å². The Morgan fingerprint density at radius 2 is 2.00 bits per heavy atom. The van der Waals surface area contributed by atoms with Crippen LogP contribution in [0.4, 0.5) is 10.1 Å². The average molecular weight is 352 g/mol. The molecule has 0 aliphatic rings. The molecule has 0 aromatic heterocycles. The Balaban J connectivity index is 2.27. The van der Waals surface area contributed by atoms with E-state index in [1.54, 1.807) is 19.1 Å². The Morgan fingerprint density at radius 3 is 2.62 bits per heavy atom. The summed E-state index contributed by atoms with van der Waals surface area (Å²) in [6.07, 6.45) is 0. The predicted molar refractivity (Wildman–Crippen MR) is 83.5 cm³/mol. The maximum atomic E-state index is 13.4. The minimum atomic E-state index is -0.748. The maximum Gasteiger partial charge on any atom is 0.333 e. The van der Waals surface area contributed by atoms with Crippen LogP contribution in [-0.2, 0) is 9.53 Å². The van der Waals surface area contributed by atoms with Crippen LogP contribution in [0.2, 0.25) is 0 Å². The molecule has 110 valence electrons. The minimum absolute atomic E-state index is 0.271. The fourth-order valence-corrected chi connectivity index (χ4v) is 2.17. The molecule has 0 spiro atoms. The van der Waals surface area contributed by atoms with Crippen molar-refractivity contribution in [3.8, 4) is 0 Å². The second-order valence-electron chi connectivity index (χ2n) is 4.39. The Labute approximate surface area is 131 Å². The van der Waals surface area contributed by atoms with Crippen LogP contribution in [0.25, 0.3) is 0 Å². The van der Waals surface area contributed by atoms with Crippen molar-refractivity contribution in [1.82, 2.24) is 0 Å². The smallest absolute Gasteiger partial charge is 0.333 e. The van der Waals surface area contributed by atoms with Gasteiger partial charge in [0.2, 0.25) is 0 Å². The van der Waals surface area contributed by atoms with Gasteiger partial charge in [0.05, 0.1) is 6.61 Å². The van der Waals surface area contributed by atoms with Gasteiger partial charge in [0.15, 0.2) is 6.04 Å². The van der Waals surface area contributed by atoms with E-state index < -0.39 is 12.0 Å². The van der Waals surface area contributed by atoms with Gasteiger partial charge in [-0.2, -0.15) is 0 Å². The Bertz CT molecular complexity index is 616. The molecule has 0 saturated carbocycles. The van der Waals surface area contributed by atoms with Crippen LogP contribution in [0.3, 0.4) is 0 Å². The Kier molecular flexibility index (Phi) is 5.33. The summed E-state index contributed by atoms with van der Waals surface area (Å²) in [6.45, 7) is 2.01. The zero-order chi connectivity index (χ0) is 15.2. The third-order valence-corrected chi connectivity index (χ3v) is 3.39. The van der Waals surface area contributed by atoms with Gasteiger partial charge < -0.3 is 10.1 Å². The first-order chi connectivity index (χ1) is 10.1. The molecule has 0 saturated heterocycles. The lowest BCUT2D eigenvalue weighted by Crippen LogP contribution is -2.23. The molecule has 0 fully saturated rings. The lowest BCUT2D eigenvalue weighted by Gasteiger charge is -2.19. The van der Waals surface area contributed by atoms with Crippen molar-refractivity contribution in [2.45, 2.75) is 13.0 Å². The second-order valence-corrected chi connectivity index (χ2v) is 5.31. The summed E-state index contributed by atoms with van der Waals surface area (Å²) in [5, 5.41) is 3.07. The van der Waals surface area contributed by atoms with Gasteiger partial charge in [-0.1, -0.05) is 28.1 Å². The molecule has 0 heterocycles. The van der Waals surface area contributed by atoms with Crippen molar-refractivity contribution in [2.24, 2.45) is 0 Å². The fourth-order valence-electron chi connectivity index (χ4n) is 1.90. The van der Waals surface area contributed by atoms with Crippen molar-refractivity contribution in [3.05, 3.63) is 64.4 Å². The van der Waals surface area contributed by atoms with Gasteiger partial charge in [0, 0.05) is 10.2 Å². The van der Waals surface area contributed by atoms with Gasteiger partial charge in [-0.3, -0.25) is 0 Å². The SMILES string of the molecule is CCOC(=O)C(Nc1ccc(Br)cc1)c1cccc(F)c1. The molecule has 1 atom stereocenters. The Morgan fingerprint density at radius 1 is 1.29 bits per heavy atom. The summed E-state index contributed by atoms with van der Waals surface area (Å²) in [7, 11) is 0. The molecule has 0 amide bonds. The number of anilines is 1. The molecule has 1 unspecified atom stereocenters. The fraction of sp³-hybridized carbons (Fsp3) is 0.188. The molecular weight excluding hydrogens is 337 g/mol. The summed E-state index contributed by atoms with van der Waals surface area (Å²) in [5.74, 6) is -0.828. The number of esters is 1. The van der Waals surface area contributed by atoms with Gasteiger partial charge in [0.25, 0.3) is 0 Å². The monoisotopic (exact) mass is 351 g/mol. The van der Waals surface area contributed by atoms with E-state index in [4.69, 9.17) is 4.74 Å². The first kappa shape index (κ1) is 15.5. The molecule has 0 radical (unpaired) electrons. The number of nitrogens with one attached hydrogen (secondary N) is 1. The molecule has 5 heteroatoms. The average Bonchev–Trinajstić information content (AvgIpc) is 2.47. The predicted octanol–water partition coefficient (Wildman–Crippen LogP) is 4.30. The molecule has 2 aromatic carbocycles. The van der Waals surface area contributed by atoms with Crippen molar-refractivity contribution in [2.75, 3.05) is 11.9 Å². The normalized spacial score (nSPS) is 11.8. The number of ether oxygens (including phenoxy) is 1. The van der Waals surface area contributed by atoms with Crippen LogP contribution < -0.4 is 5.32 Å². The second kappa shape index (κ2) is 7.22. The number of carbonyl (C=O) groups excluding carboxylic acids is 1. The van der Waals surface area contributed by atoms with Crippen molar-refractivity contribution in [1.29, 1.82) is 0 Å². The molecular formula is C16H15BrFNO2. The lowest BCUT2D eigenvalue weighted by molar-refractivity contribution is -0.144. The number of hydrogen-bond acceptors (Lipinski definition) is 3. The number of benzene rings is 2. The topological polar surface area (TPSA) is 38.3 Å². The van der Waals surface area contributed by atoms with E-state index in [0.29, 0.717) is 5.56 Å². The summed E-state index contributed by atoms with van der Waals surface area (Å²) in [4.78, 5) is 12.1. The highest BCUT2D eigenvalue weighted by Gasteiger charge is 2.22. The standard InChI is InChI=1S/C16H15BrFNO2/c1-2-21-16(20)15(11-4-3-5-13(18)10-11)19-14-8-6-12(17)7-9-14/h3-10,15,19H,2H2,1H3. The van der Waals surface area contributed by atoms with E-state index in [2.05, 4.69) is 21.2 Å². The van der Waals surface area contributed by atoms with Crippen LogP contribution in [0, 0.1) is 5.82 Å². The van der Waals surface area contributed by atoms with Crippen molar-refractivity contribution in [3.63, 3.8) is 0 Å². The minimum Gasteiger partial charge on any atom is -0.464 e. The number of hydrogen-bond donors (Lipinski definition) is 1. The molecule has 1 N–H and O–H groups in total. The van der Waals surface area contributed by atoms with Gasteiger partial charge in [-0.25, -0.2) is 9.18 Å². The molecule has 2 rings (SSSR count). The first-order valence-corrected chi connectivity index (χ1v) is 7.33. The number of carbonyl (C=O) groups is 1. The van der Waals surface area contributed by atoms with E-state index in [9.17, 15) is 9.18 Å². The number of halogens is 2. The highest BCUT2D eigenvalue weighted by Crippen LogP contribution is 2.23. The summed E-state index contributed by atoms with van der Waals surface area (Å²) in [5.41, 5.74) is 1.27. The quantitative estimate of drug-likeness (QED) is 0.816. The van der Waals surface area contributed by atoms with Gasteiger partial charge >= 0.3 is 5.97 Å². The van der Waals surface area contributed by atoms with Crippen LogP contribution in [0.15, 0.2) is 53.0 Å². The summed E-state index contributed by atoms with van der Waals surface area (Å²) < 4.78 is 19.4. The summed E-state index contributed by atoms with van der Waals surface area (Å²) in [6, 6.07) is 12.6. The third-order valence-electron chi connectivity index (χ3n) is 2.86. The van der Waals surface area contributed by atoms with Crippen LogP contribution >= 0.6 is 15.9 Å². The highest BCUT2D eigenvalue weighted by atomic mass is 79.9. The number of rotatable bonds is 5. The van der Waals surface area contributed by atoms with Crippen molar-refractivity contribution >= 4 is 27.6 Å². The van der Waals surface area contributed by atoms with Crippen molar-refractivity contribution < 1.29 is 13.9 Å². The Hall–Kier alpha value is -1.88. The van der Waals surface area contributed by atoms with Gasteiger partial charge in [0.1, 0.15) is 5.82 Å². The molecule has 3 nitrogen and oxygen atoms in total. The lowest BCUT2D eigenvalue weighted by atomic mass is 10.1.